The summed E-state index contributed by atoms with van der Waals surface area (Å²) in [6.45, 7) is 4.28. The monoisotopic (exact) mass is 414 g/mol. The van der Waals surface area contributed by atoms with E-state index in [0.717, 1.165) is 10.2 Å². The fourth-order valence-electron chi connectivity index (χ4n) is 2.83. The molecule has 0 radical (unpaired) electrons. The van der Waals surface area contributed by atoms with Crippen LogP contribution in [0.1, 0.15) is 24.2 Å². The van der Waals surface area contributed by atoms with E-state index in [1.807, 2.05) is 19.1 Å². The van der Waals surface area contributed by atoms with Crippen molar-refractivity contribution >= 4 is 33.4 Å². The molecule has 1 amide bonds. The lowest BCUT2D eigenvalue weighted by molar-refractivity contribution is -0.143. The van der Waals surface area contributed by atoms with Gasteiger partial charge < -0.3 is 18.8 Å². The highest BCUT2D eigenvalue weighted by Gasteiger charge is 2.15. The van der Waals surface area contributed by atoms with Crippen molar-refractivity contribution < 1.29 is 23.8 Å². The van der Waals surface area contributed by atoms with E-state index in [4.69, 9.17) is 14.2 Å². The predicted octanol–water partition coefficient (Wildman–Crippen LogP) is 3.41. The summed E-state index contributed by atoms with van der Waals surface area (Å²) in [5.41, 5.74) is 1.14. The van der Waals surface area contributed by atoms with Crippen LogP contribution >= 0.6 is 11.3 Å². The number of hydrogen-bond acceptors (Lipinski definition) is 6. The second-order valence-electron chi connectivity index (χ2n) is 5.96. The Morgan fingerprint density at radius 2 is 1.90 bits per heavy atom. The zero-order valence-corrected chi connectivity index (χ0v) is 17.3. The molecule has 0 aliphatic rings. The van der Waals surface area contributed by atoms with E-state index < -0.39 is 11.9 Å². The minimum absolute atomic E-state index is 0.0423. The van der Waals surface area contributed by atoms with E-state index in [2.05, 4.69) is 4.99 Å². The van der Waals surface area contributed by atoms with Crippen molar-refractivity contribution in [1.82, 2.24) is 4.57 Å². The molecule has 0 bridgehead atoms. The van der Waals surface area contributed by atoms with Gasteiger partial charge in [0.05, 0.1) is 36.1 Å². The number of nitrogens with zero attached hydrogens (tertiary/aromatic N) is 2. The fourth-order valence-corrected chi connectivity index (χ4v) is 3.88. The van der Waals surface area contributed by atoms with E-state index in [1.54, 1.807) is 48.9 Å². The molecule has 7 nitrogen and oxygen atoms in total. The molecule has 3 aromatic rings. The number of rotatable bonds is 7. The zero-order chi connectivity index (χ0) is 20.8. The van der Waals surface area contributed by atoms with Gasteiger partial charge in [0.25, 0.3) is 5.91 Å². The molecule has 29 heavy (non-hydrogen) atoms. The maximum atomic E-state index is 12.9. The van der Waals surface area contributed by atoms with Gasteiger partial charge >= 0.3 is 5.97 Å². The number of para-hydroxylation sites is 1. The normalized spacial score (nSPS) is 11.5. The maximum absolute atomic E-state index is 12.9. The Morgan fingerprint density at radius 1 is 1.10 bits per heavy atom. The number of amides is 1. The molecule has 0 N–H and O–H groups in total. The molecule has 1 aromatic heterocycles. The topological polar surface area (TPSA) is 79.1 Å². The van der Waals surface area contributed by atoms with Crippen molar-refractivity contribution in [3.05, 3.63) is 52.8 Å². The Morgan fingerprint density at radius 3 is 2.62 bits per heavy atom. The number of fused-ring (bicyclic) bond motifs is 1. The van der Waals surface area contributed by atoms with Crippen molar-refractivity contribution in [2.24, 2.45) is 4.99 Å². The molecule has 0 saturated heterocycles. The van der Waals surface area contributed by atoms with Crippen molar-refractivity contribution in [1.29, 1.82) is 0 Å². The first kappa shape index (κ1) is 20.6. The molecule has 0 fully saturated rings. The lowest BCUT2D eigenvalue weighted by Crippen LogP contribution is -2.23. The third-order valence-corrected chi connectivity index (χ3v) is 5.14. The van der Waals surface area contributed by atoms with Crippen LogP contribution in [0.3, 0.4) is 0 Å². The first-order valence-corrected chi connectivity index (χ1v) is 10.0. The molecular weight excluding hydrogens is 392 g/mol. The van der Waals surface area contributed by atoms with Crippen LogP contribution < -0.4 is 14.3 Å². The summed E-state index contributed by atoms with van der Waals surface area (Å²) >= 11 is 1.30. The van der Waals surface area contributed by atoms with Crippen LogP contribution in [0.4, 0.5) is 0 Å². The van der Waals surface area contributed by atoms with Crippen LogP contribution in [0.25, 0.3) is 10.2 Å². The summed E-state index contributed by atoms with van der Waals surface area (Å²) in [5, 5.41) is 0. The van der Waals surface area contributed by atoms with Crippen molar-refractivity contribution in [3.8, 4) is 11.5 Å². The molecule has 0 atom stereocenters. The number of ether oxygens (including phenoxy) is 3. The summed E-state index contributed by atoms with van der Waals surface area (Å²) in [7, 11) is 1.58. The largest absolute Gasteiger partial charge is 0.497 e. The SMILES string of the molecule is CCOC(=O)Cn1c(=NC(=O)c2ccccc2OCC)sc2cc(OC)ccc21. The Kier molecular flexibility index (Phi) is 6.66. The summed E-state index contributed by atoms with van der Waals surface area (Å²) in [6, 6.07) is 12.4. The molecule has 0 unspecified atom stereocenters. The number of methoxy groups -OCH3 is 1. The maximum Gasteiger partial charge on any atom is 0.326 e. The number of benzene rings is 2. The first-order valence-electron chi connectivity index (χ1n) is 9.21. The molecule has 0 aliphatic carbocycles. The smallest absolute Gasteiger partial charge is 0.326 e. The molecule has 3 rings (SSSR count). The number of esters is 1. The van der Waals surface area contributed by atoms with E-state index >= 15 is 0 Å². The van der Waals surface area contributed by atoms with Crippen molar-refractivity contribution in [2.75, 3.05) is 20.3 Å². The predicted molar refractivity (Wildman–Crippen MR) is 111 cm³/mol. The molecule has 2 aromatic carbocycles. The van der Waals surface area contributed by atoms with Crippen molar-refractivity contribution in [2.45, 2.75) is 20.4 Å². The second-order valence-corrected chi connectivity index (χ2v) is 6.96. The zero-order valence-electron chi connectivity index (χ0n) is 16.5. The van der Waals surface area contributed by atoms with Crippen LogP contribution in [-0.2, 0) is 16.1 Å². The van der Waals surface area contributed by atoms with E-state index in [9.17, 15) is 9.59 Å². The lowest BCUT2D eigenvalue weighted by Gasteiger charge is -2.07. The molecule has 0 aliphatic heterocycles. The van der Waals surface area contributed by atoms with Crippen LogP contribution in [0.5, 0.6) is 11.5 Å². The quantitative estimate of drug-likeness (QED) is 0.554. The summed E-state index contributed by atoms with van der Waals surface area (Å²) in [4.78, 5) is 29.7. The average molecular weight is 414 g/mol. The van der Waals surface area contributed by atoms with Crippen LogP contribution in [0.15, 0.2) is 47.5 Å². The van der Waals surface area contributed by atoms with Crippen LogP contribution in [0, 0.1) is 0 Å². The standard InChI is InChI=1S/C21H22N2O5S/c1-4-27-17-9-7-6-8-15(17)20(25)22-21-23(13-19(24)28-5-2)16-11-10-14(26-3)12-18(16)29-21/h6-12H,4-5,13H2,1-3H3. The van der Waals surface area contributed by atoms with Gasteiger partial charge in [-0.15, -0.1) is 0 Å². The minimum Gasteiger partial charge on any atom is -0.497 e. The highest BCUT2D eigenvalue weighted by molar-refractivity contribution is 7.16. The molecular formula is C21H22N2O5S. The van der Waals surface area contributed by atoms with Gasteiger partial charge in [0.2, 0.25) is 0 Å². The summed E-state index contributed by atoms with van der Waals surface area (Å²) in [6.07, 6.45) is 0. The Labute approximate surface area is 172 Å². The number of thiazole rings is 1. The van der Waals surface area contributed by atoms with E-state index in [1.165, 1.54) is 11.3 Å². The van der Waals surface area contributed by atoms with Gasteiger partial charge in [0.1, 0.15) is 18.0 Å². The number of hydrogen-bond donors (Lipinski definition) is 0. The van der Waals surface area contributed by atoms with Gasteiger partial charge in [-0.2, -0.15) is 4.99 Å². The third-order valence-electron chi connectivity index (χ3n) is 4.10. The number of aromatic nitrogens is 1. The lowest BCUT2D eigenvalue weighted by atomic mass is 10.2. The summed E-state index contributed by atoms with van der Waals surface area (Å²) in [5.74, 6) is 0.321. The summed E-state index contributed by atoms with van der Waals surface area (Å²) < 4.78 is 18.4. The van der Waals surface area contributed by atoms with Gasteiger partial charge in [-0.3, -0.25) is 9.59 Å². The molecule has 0 spiro atoms. The highest BCUT2D eigenvalue weighted by atomic mass is 32.1. The van der Waals surface area contributed by atoms with Gasteiger partial charge in [0.15, 0.2) is 4.80 Å². The molecule has 152 valence electrons. The molecule has 8 heteroatoms. The average Bonchev–Trinajstić information content (AvgIpc) is 3.04. The van der Waals surface area contributed by atoms with E-state index in [0.29, 0.717) is 28.5 Å². The minimum atomic E-state index is -0.440. The van der Waals surface area contributed by atoms with Gasteiger partial charge in [0, 0.05) is 0 Å². The second kappa shape index (κ2) is 9.38. The Hall–Kier alpha value is -3.13. The Bertz CT molecular complexity index is 1100. The number of carbonyl (C=O) groups excluding carboxylic acids is 2. The Balaban J connectivity index is 2.11. The van der Waals surface area contributed by atoms with Crippen LogP contribution in [0.2, 0.25) is 0 Å². The van der Waals surface area contributed by atoms with E-state index in [-0.39, 0.29) is 13.2 Å². The van der Waals surface area contributed by atoms with Gasteiger partial charge in [-0.05, 0) is 44.2 Å². The van der Waals surface area contributed by atoms with Gasteiger partial charge in [-0.25, -0.2) is 0 Å². The third kappa shape index (κ3) is 4.65. The van der Waals surface area contributed by atoms with Gasteiger partial charge in [-0.1, -0.05) is 23.5 Å². The highest BCUT2D eigenvalue weighted by Crippen LogP contribution is 2.24. The fraction of sp³-hybridized carbons (Fsp3) is 0.286. The van der Waals surface area contributed by atoms with Crippen LogP contribution in [-0.4, -0.2) is 36.8 Å². The number of carbonyl (C=O) groups is 2. The molecule has 1 heterocycles. The first-order chi connectivity index (χ1) is 14.1. The van der Waals surface area contributed by atoms with Crippen molar-refractivity contribution in [3.63, 3.8) is 0 Å². The molecule has 0 saturated carbocycles.